The number of nitrogens with zero attached hydrogens (tertiary/aromatic N) is 1. The van der Waals surface area contributed by atoms with Crippen LogP contribution in [0.25, 0.3) is 0 Å². The van der Waals surface area contributed by atoms with Crippen molar-refractivity contribution >= 4 is 28.1 Å². The number of carbonyl (C=O) groups is 1. The highest BCUT2D eigenvalue weighted by molar-refractivity contribution is 7.13. The maximum atomic E-state index is 12.0. The van der Waals surface area contributed by atoms with E-state index >= 15 is 0 Å². The molecule has 1 heterocycles. The van der Waals surface area contributed by atoms with Crippen LogP contribution in [0, 0.1) is 0 Å². The van der Waals surface area contributed by atoms with Crippen molar-refractivity contribution in [3.8, 4) is 5.75 Å². The standard InChI is InChI=1S/C16H22N4O3S/c1-10(2)18-7-12(21)8-23-13-5-3-11(4-6-13)19-15(22)14-9-24-16(17)20-14/h3-6,9-10,12,18,21H,7-8H2,1-2H3,(H2,17,20)(H,19,22). The minimum Gasteiger partial charge on any atom is -0.491 e. The lowest BCUT2D eigenvalue weighted by Crippen LogP contribution is -2.35. The van der Waals surface area contributed by atoms with Crippen molar-refractivity contribution in [1.82, 2.24) is 10.3 Å². The molecular weight excluding hydrogens is 328 g/mol. The van der Waals surface area contributed by atoms with Crippen LogP contribution in [0.15, 0.2) is 29.6 Å². The molecule has 0 aliphatic rings. The second kappa shape index (κ2) is 8.62. The first-order valence-electron chi connectivity index (χ1n) is 7.60. The Kier molecular flexibility index (Phi) is 6.53. The molecule has 2 rings (SSSR count). The fourth-order valence-corrected chi connectivity index (χ4v) is 2.39. The molecule has 0 fully saturated rings. The van der Waals surface area contributed by atoms with Crippen molar-refractivity contribution in [2.75, 3.05) is 24.2 Å². The van der Waals surface area contributed by atoms with Crippen molar-refractivity contribution in [2.45, 2.75) is 26.0 Å². The van der Waals surface area contributed by atoms with Gasteiger partial charge >= 0.3 is 0 Å². The predicted molar refractivity (Wildman–Crippen MR) is 95.6 cm³/mol. The number of nitrogens with two attached hydrogens (primary N) is 1. The van der Waals surface area contributed by atoms with Gasteiger partial charge in [-0.05, 0) is 24.3 Å². The van der Waals surface area contributed by atoms with Crippen molar-refractivity contribution in [1.29, 1.82) is 0 Å². The average molecular weight is 350 g/mol. The number of aliphatic hydroxyl groups is 1. The molecule has 0 saturated carbocycles. The maximum absolute atomic E-state index is 12.0. The smallest absolute Gasteiger partial charge is 0.275 e. The zero-order valence-electron chi connectivity index (χ0n) is 13.7. The number of thiazole rings is 1. The molecule has 130 valence electrons. The van der Waals surface area contributed by atoms with E-state index in [0.29, 0.717) is 34.8 Å². The van der Waals surface area contributed by atoms with Crippen LogP contribution in [0.5, 0.6) is 5.75 Å². The summed E-state index contributed by atoms with van der Waals surface area (Å²) < 4.78 is 5.52. The third-order valence-electron chi connectivity index (χ3n) is 3.07. The summed E-state index contributed by atoms with van der Waals surface area (Å²) in [7, 11) is 0. The minimum absolute atomic E-state index is 0.198. The van der Waals surface area contributed by atoms with Crippen molar-refractivity contribution in [3.05, 3.63) is 35.3 Å². The molecule has 0 aliphatic carbocycles. The number of nitrogens with one attached hydrogen (secondary N) is 2. The topological polar surface area (TPSA) is 110 Å². The first kappa shape index (κ1) is 18.2. The number of anilines is 2. The first-order valence-corrected chi connectivity index (χ1v) is 8.48. The molecule has 0 saturated heterocycles. The monoisotopic (exact) mass is 350 g/mol. The maximum Gasteiger partial charge on any atom is 0.275 e. The normalized spacial score (nSPS) is 12.2. The Morgan fingerprint density at radius 1 is 1.38 bits per heavy atom. The van der Waals surface area contributed by atoms with Gasteiger partial charge in [-0.2, -0.15) is 0 Å². The van der Waals surface area contributed by atoms with Crippen LogP contribution in [-0.2, 0) is 0 Å². The van der Waals surface area contributed by atoms with E-state index in [1.165, 1.54) is 11.3 Å². The van der Waals surface area contributed by atoms with Gasteiger partial charge in [-0.15, -0.1) is 11.3 Å². The summed E-state index contributed by atoms with van der Waals surface area (Å²) in [5.74, 6) is 0.307. The van der Waals surface area contributed by atoms with E-state index in [9.17, 15) is 9.90 Å². The lowest BCUT2D eigenvalue weighted by Gasteiger charge is -2.15. The van der Waals surface area contributed by atoms with Gasteiger partial charge < -0.3 is 26.2 Å². The summed E-state index contributed by atoms with van der Waals surface area (Å²) in [4.78, 5) is 15.9. The van der Waals surface area contributed by atoms with Crippen molar-refractivity contribution in [2.24, 2.45) is 0 Å². The zero-order valence-corrected chi connectivity index (χ0v) is 14.5. The molecule has 0 bridgehead atoms. The minimum atomic E-state index is -0.582. The molecule has 1 unspecified atom stereocenters. The number of amides is 1. The third-order valence-corrected chi connectivity index (χ3v) is 3.74. The number of nitrogen functional groups attached to an aromatic ring is 1. The van der Waals surface area contributed by atoms with E-state index in [0.717, 1.165) is 0 Å². The third kappa shape index (κ3) is 5.80. The number of hydrogen-bond donors (Lipinski definition) is 4. The molecule has 1 aromatic carbocycles. The van der Waals surface area contributed by atoms with Crippen molar-refractivity contribution < 1.29 is 14.6 Å². The van der Waals surface area contributed by atoms with Crippen LogP contribution >= 0.6 is 11.3 Å². The van der Waals surface area contributed by atoms with E-state index in [-0.39, 0.29) is 12.5 Å². The second-order valence-electron chi connectivity index (χ2n) is 5.58. The Morgan fingerprint density at radius 2 is 2.08 bits per heavy atom. The van der Waals surface area contributed by atoms with E-state index in [1.807, 2.05) is 13.8 Å². The summed E-state index contributed by atoms with van der Waals surface area (Å²) in [6.07, 6.45) is -0.582. The Balaban J connectivity index is 1.81. The number of carbonyl (C=O) groups excluding carboxylic acids is 1. The SMILES string of the molecule is CC(C)NCC(O)COc1ccc(NC(=O)c2csc(N)n2)cc1. The number of ether oxygens (including phenoxy) is 1. The summed E-state index contributed by atoms with van der Waals surface area (Å²) in [5, 5.41) is 17.6. The summed E-state index contributed by atoms with van der Waals surface area (Å²) >= 11 is 1.22. The molecule has 1 atom stereocenters. The molecule has 0 radical (unpaired) electrons. The number of aliphatic hydroxyl groups excluding tert-OH is 1. The highest BCUT2D eigenvalue weighted by atomic mass is 32.1. The van der Waals surface area contributed by atoms with Crippen LogP contribution in [0.4, 0.5) is 10.8 Å². The molecule has 8 heteroatoms. The molecule has 2 aromatic rings. The van der Waals surface area contributed by atoms with Crippen LogP contribution in [-0.4, -0.2) is 41.3 Å². The van der Waals surface area contributed by atoms with Gasteiger partial charge in [0, 0.05) is 23.7 Å². The average Bonchev–Trinajstić information content (AvgIpc) is 2.99. The lowest BCUT2D eigenvalue weighted by atomic mass is 10.3. The highest BCUT2D eigenvalue weighted by Gasteiger charge is 2.10. The Labute approximate surface area is 144 Å². The van der Waals surface area contributed by atoms with Gasteiger partial charge in [0.15, 0.2) is 5.13 Å². The molecule has 0 aliphatic heterocycles. The van der Waals surface area contributed by atoms with E-state index in [1.54, 1.807) is 29.6 Å². The molecule has 5 N–H and O–H groups in total. The van der Waals surface area contributed by atoms with E-state index < -0.39 is 6.10 Å². The summed E-state index contributed by atoms with van der Waals surface area (Å²) in [5.41, 5.74) is 6.43. The number of rotatable bonds is 8. The first-order chi connectivity index (χ1) is 11.4. The molecular formula is C16H22N4O3S. The van der Waals surface area contributed by atoms with Crippen LogP contribution < -0.4 is 21.1 Å². The van der Waals surface area contributed by atoms with E-state index in [4.69, 9.17) is 10.5 Å². The summed E-state index contributed by atoms with van der Waals surface area (Å²) in [6, 6.07) is 7.22. The van der Waals surface area contributed by atoms with E-state index in [2.05, 4.69) is 15.6 Å². The van der Waals surface area contributed by atoms with Gasteiger partial charge in [-0.3, -0.25) is 4.79 Å². The number of benzene rings is 1. The largest absolute Gasteiger partial charge is 0.491 e. The molecule has 24 heavy (non-hydrogen) atoms. The van der Waals surface area contributed by atoms with Gasteiger partial charge in [0.2, 0.25) is 0 Å². The zero-order chi connectivity index (χ0) is 17.5. The lowest BCUT2D eigenvalue weighted by molar-refractivity contribution is 0.102. The van der Waals surface area contributed by atoms with Crippen molar-refractivity contribution in [3.63, 3.8) is 0 Å². The fraction of sp³-hybridized carbons (Fsp3) is 0.375. The second-order valence-corrected chi connectivity index (χ2v) is 6.47. The Bertz CT molecular complexity index is 658. The quantitative estimate of drug-likeness (QED) is 0.577. The molecule has 1 amide bonds. The molecule has 0 spiro atoms. The van der Waals surface area contributed by atoms with Crippen LogP contribution in [0.1, 0.15) is 24.3 Å². The van der Waals surface area contributed by atoms with Gasteiger partial charge in [0.25, 0.3) is 5.91 Å². The fourth-order valence-electron chi connectivity index (χ4n) is 1.84. The predicted octanol–water partition coefficient (Wildman–Crippen LogP) is 1.72. The van der Waals surface area contributed by atoms with Gasteiger partial charge in [0.1, 0.15) is 24.2 Å². The number of aromatic nitrogens is 1. The molecule has 1 aromatic heterocycles. The van der Waals surface area contributed by atoms with Gasteiger partial charge in [-0.25, -0.2) is 4.98 Å². The number of hydrogen-bond acceptors (Lipinski definition) is 7. The van der Waals surface area contributed by atoms with Gasteiger partial charge in [-0.1, -0.05) is 13.8 Å². The molecule has 7 nitrogen and oxygen atoms in total. The van der Waals surface area contributed by atoms with Gasteiger partial charge in [0.05, 0.1) is 0 Å². The summed E-state index contributed by atoms with van der Waals surface area (Å²) in [6.45, 7) is 4.70. The Hall–Kier alpha value is -2.16. The van der Waals surface area contributed by atoms with Crippen LogP contribution in [0.3, 0.4) is 0 Å². The Morgan fingerprint density at radius 3 is 2.67 bits per heavy atom. The van der Waals surface area contributed by atoms with Crippen LogP contribution in [0.2, 0.25) is 0 Å². The highest BCUT2D eigenvalue weighted by Crippen LogP contribution is 2.18.